The molecule has 6 heteroatoms. The summed E-state index contributed by atoms with van der Waals surface area (Å²) in [7, 11) is -3.27. The fourth-order valence-corrected chi connectivity index (χ4v) is 4.03. The summed E-state index contributed by atoms with van der Waals surface area (Å²) in [6.07, 6.45) is 2.98. The van der Waals surface area contributed by atoms with Crippen LogP contribution >= 0.6 is 12.4 Å². The molecule has 0 heterocycles. The molecular weight excluding hydrogens is 284 g/mol. The Hall–Kier alpha value is -0.620. The van der Waals surface area contributed by atoms with E-state index >= 15 is 0 Å². The lowest BCUT2D eigenvalue weighted by Crippen LogP contribution is -2.40. The smallest absolute Gasteiger partial charge is 0.216 e. The van der Waals surface area contributed by atoms with Crippen LogP contribution in [-0.4, -0.2) is 21.0 Å². The molecule has 1 aromatic carbocycles. The monoisotopic (exact) mass is 304 g/mol. The standard InChI is InChI=1S/C13H20N2O2S.ClH/c14-9-12-7-4-8-13(12)15-18(16,17)10-11-5-2-1-3-6-11;/h1-3,5-6,12-13,15H,4,7-10,14H2;1H. The van der Waals surface area contributed by atoms with Gasteiger partial charge in [0.25, 0.3) is 0 Å². The molecule has 0 bridgehead atoms. The third kappa shape index (κ3) is 4.76. The van der Waals surface area contributed by atoms with Crippen molar-refractivity contribution >= 4 is 22.4 Å². The van der Waals surface area contributed by atoms with E-state index in [-0.39, 0.29) is 30.1 Å². The largest absolute Gasteiger partial charge is 0.330 e. The van der Waals surface area contributed by atoms with Crippen molar-refractivity contribution in [1.29, 1.82) is 0 Å². The van der Waals surface area contributed by atoms with E-state index in [1.165, 1.54) is 0 Å². The molecule has 2 rings (SSSR count). The van der Waals surface area contributed by atoms with Gasteiger partial charge in [0.2, 0.25) is 10.0 Å². The zero-order chi connectivity index (χ0) is 13.0. The molecule has 0 saturated heterocycles. The van der Waals surface area contributed by atoms with Crippen LogP contribution in [0.15, 0.2) is 30.3 Å². The number of nitrogens with two attached hydrogens (primary N) is 1. The van der Waals surface area contributed by atoms with Gasteiger partial charge in [-0.15, -0.1) is 12.4 Å². The number of sulfonamides is 1. The van der Waals surface area contributed by atoms with Crippen LogP contribution in [0.1, 0.15) is 24.8 Å². The topological polar surface area (TPSA) is 72.2 Å². The van der Waals surface area contributed by atoms with Crippen LogP contribution in [0.2, 0.25) is 0 Å². The van der Waals surface area contributed by atoms with Crippen molar-refractivity contribution in [1.82, 2.24) is 4.72 Å². The summed E-state index contributed by atoms with van der Waals surface area (Å²) in [4.78, 5) is 0. The van der Waals surface area contributed by atoms with Crippen molar-refractivity contribution in [2.75, 3.05) is 6.54 Å². The molecule has 1 aliphatic rings. The van der Waals surface area contributed by atoms with Crippen LogP contribution in [0.4, 0.5) is 0 Å². The lowest BCUT2D eigenvalue weighted by Gasteiger charge is -2.19. The third-order valence-corrected chi connectivity index (χ3v) is 4.87. The van der Waals surface area contributed by atoms with E-state index in [2.05, 4.69) is 4.72 Å². The van der Waals surface area contributed by atoms with E-state index in [4.69, 9.17) is 5.73 Å². The molecule has 108 valence electrons. The molecule has 0 amide bonds. The maximum Gasteiger partial charge on any atom is 0.216 e. The van der Waals surface area contributed by atoms with Gasteiger partial charge in [0.1, 0.15) is 0 Å². The second kappa shape index (κ2) is 7.24. The lowest BCUT2D eigenvalue weighted by atomic mass is 10.1. The molecule has 0 spiro atoms. The van der Waals surface area contributed by atoms with Crippen molar-refractivity contribution < 1.29 is 8.42 Å². The Morgan fingerprint density at radius 2 is 1.89 bits per heavy atom. The number of rotatable bonds is 5. The van der Waals surface area contributed by atoms with Crippen molar-refractivity contribution in [3.63, 3.8) is 0 Å². The Morgan fingerprint density at radius 3 is 2.53 bits per heavy atom. The van der Waals surface area contributed by atoms with E-state index < -0.39 is 10.0 Å². The Balaban J connectivity index is 0.00000180. The van der Waals surface area contributed by atoms with Crippen LogP contribution < -0.4 is 10.5 Å². The van der Waals surface area contributed by atoms with Gasteiger partial charge < -0.3 is 5.73 Å². The molecule has 3 N–H and O–H groups in total. The number of halogens is 1. The van der Waals surface area contributed by atoms with Gasteiger partial charge in [-0.2, -0.15) is 0 Å². The van der Waals surface area contributed by atoms with E-state index in [0.29, 0.717) is 6.54 Å². The number of hydrogen-bond donors (Lipinski definition) is 2. The molecule has 2 atom stereocenters. The molecule has 2 unspecified atom stereocenters. The van der Waals surface area contributed by atoms with Gasteiger partial charge in [-0.1, -0.05) is 36.8 Å². The summed E-state index contributed by atoms with van der Waals surface area (Å²) >= 11 is 0. The van der Waals surface area contributed by atoms with Crippen LogP contribution in [0, 0.1) is 5.92 Å². The van der Waals surface area contributed by atoms with E-state index in [1.54, 1.807) is 0 Å². The van der Waals surface area contributed by atoms with E-state index in [0.717, 1.165) is 24.8 Å². The van der Waals surface area contributed by atoms with Gasteiger partial charge in [-0.3, -0.25) is 0 Å². The molecular formula is C13H21ClN2O2S. The first-order valence-corrected chi connectivity index (χ1v) is 8.00. The maximum atomic E-state index is 12.1. The van der Waals surface area contributed by atoms with Gasteiger partial charge in [0, 0.05) is 6.04 Å². The quantitative estimate of drug-likeness (QED) is 0.869. The highest BCUT2D eigenvalue weighted by Gasteiger charge is 2.29. The highest BCUT2D eigenvalue weighted by Crippen LogP contribution is 2.25. The highest BCUT2D eigenvalue weighted by atomic mass is 35.5. The normalized spacial score (nSPS) is 23.0. The Kier molecular flexibility index (Phi) is 6.26. The minimum absolute atomic E-state index is 0. The summed E-state index contributed by atoms with van der Waals surface area (Å²) in [5, 5.41) is 0. The fourth-order valence-electron chi connectivity index (χ4n) is 2.54. The van der Waals surface area contributed by atoms with Crippen LogP contribution in [0.25, 0.3) is 0 Å². The molecule has 1 saturated carbocycles. The molecule has 1 aliphatic carbocycles. The minimum Gasteiger partial charge on any atom is -0.330 e. The fraction of sp³-hybridized carbons (Fsp3) is 0.538. The molecule has 4 nitrogen and oxygen atoms in total. The number of hydrogen-bond acceptors (Lipinski definition) is 3. The second-order valence-electron chi connectivity index (χ2n) is 4.90. The van der Waals surface area contributed by atoms with Crippen LogP contribution in [0.5, 0.6) is 0 Å². The molecule has 19 heavy (non-hydrogen) atoms. The highest BCUT2D eigenvalue weighted by molar-refractivity contribution is 7.88. The summed E-state index contributed by atoms with van der Waals surface area (Å²) in [5.41, 5.74) is 6.47. The zero-order valence-corrected chi connectivity index (χ0v) is 12.4. The van der Waals surface area contributed by atoms with Gasteiger partial charge >= 0.3 is 0 Å². The Labute approximate surface area is 121 Å². The predicted molar refractivity (Wildman–Crippen MR) is 79.6 cm³/mol. The lowest BCUT2D eigenvalue weighted by molar-refractivity contribution is 0.452. The van der Waals surface area contributed by atoms with Crippen molar-refractivity contribution in [3.8, 4) is 0 Å². The van der Waals surface area contributed by atoms with Gasteiger partial charge in [0.05, 0.1) is 5.75 Å². The minimum atomic E-state index is -3.27. The van der Waals surface area contributed by atoms with E-state index in [1.807, 2.05) is 30.3 Å². The predicted octanol–water partition coefficient (Wildman–Crippen LogP) is 1.66. The van der Waals surface area contributed by atoms with Gasteiger partial charge in [-0.25, -0.2) is 13.1 Å². The van der Waals surface area contributed by atoms with Crippen molar-refractivity contribution in [2.45, 2.75) is 31.1 Å². The number of benzene rings is 1. The van der Waals surface area contributed by atoms with Crippen LogP contribution in [0.3, 0.4) is 0 Å². The van der Waals surface area contributed by atoms with E-state index in [9.17, 15) is 8.42 Å². The summed E-state index contributed by atoms with van der Waals surface area (Å²) in [6.45, 7) is 0.554. The molecule has 1 fully saturated rings. The summed E-state index contributed by atoms with van der Waals surface area (Å²) in [5.74, 6) is 0.331. The molecule has 0 radical (unpaired) electrons. The summed E-state index contributed by atoms with van der Waals surface area (Å²) < 4.78 is 26.9. The SMILES string of the molecule is Cl.NCC1CCCC1NS(=O)(=O)Cc1ccccc1. The molecule has 0 aromatic heterocycles. The average Bonchev–Trinajstić information content (AvgIpc) is 2.76. The Morgan fingerprint density at radius 1 is 1.21 bits per heavy atom. The maximum absolute atomic E-state index is 12.1. The number of nitrogens with one attached hydrogen (secondary N) is 1. The molecule has 1 aromatic rings. The van der Waals surface area contributed by atoms with Crippen molar-refractivity contribution in [3.05, 3.63) is 35.9 Å². The first-order valence-electron chi connectivity index (χ1n) is 6.35. The Bertz CT molecular complexity index is 479. The first-order chi connectivity index (χ1) is 8.61. The first kappa shape index (κ1) is 16.4. The second-order valence-corrected chi connectivity index (χ2v) is 6.65. The summed E-state index contributed by atoms with van der Waals surface area (Å²) in [6, 6.07) is 9.25. The zero-order valence-electron chi connectivity index (χ0n) is 10.8. The van der Waals surface area contributed by atoms with Crippen LogP contribution in [-0.2, 0) is 15.8 Å². The van der Waals surface area contributed by atoms with Gasteiger partial charge in [-0.05, 0) is 30.9 Å². The van der Waals surface area contributed by atoms with Gasteiger partial charge in [0.15, 0.2) is 0 Å². The molecule has 0 aliphatic heterocycles. The van der Waals surface area contributed by atoms with Crippen molar-refractivity contribution in [2.24, 2.45) is 11.7 Å². The third-order valence-electron chi connectivity index (χ3n) is 3.49. The average molecular weight is 305 g/mol.